The molecule has 0 spiro atoms. The molecule has 4 rings (SSSR count). The summed E-state index contributed by atoms with van der Waals surface area (Å²) in [4.78, 5) is 17.0. The number of imidazole rings is 1. The Labute approximate surface area is 219 Å². The number of aryl methyl sites for hydroxylation is 2. The maximum Gasteiger partial charge on any atom is 0.249 e. The van der Waals surface area contributed by atoms with Gasteiger partial charge in [-0.05, 0) is 68.4 Å². The number of ether oxygens (including phenoxy) is 3. The number of hydrogen-bond donors (Lipinski definition) is 1. The van der Waals surface area contributed by atoms with Gasteiger partial charge in [-0.3, -0.25) is 4.79 Å². The molecule has 7 heteroatoms. The summed E-state index contributed by atoms with van der Waals surface area (Å²) < 4.78 is 19.3. The lowest BCUT2D eigenvalue weighted by atomic mass is 10.1. The summed E-state index contributed by atoms with van der Waals surface area (Å²) in [5.41, 5.74) is 3.34. The average Bonchev–Trinajstić information content (AvgIpc) is 3.58. The molecule has 1 saturated heterocycles. The quantitative estimate of drug-likeness (QED) is 0.226. The molecular weight excluding hydrogens is 466 g/mol. The average molecular weight is 506 g/mol. The third-order valence-corrected chi connectivity index (χ3v) is 6.72. The van der Waals surface area contributed by atoms with E-state index in [0.717, 1.165) is 91.8 Å². The number of allylic oxidation sites excluding steroid dienone is 1. The maximum absolute atomic E-state index is 12.1. The number of hydrogen-bond acceptors (Lipinski definition) is 5. The maximum atomic E-state index is 12.1. The van der Waals surface area contributed by atoms with Crippen molar-refractivity contribution in [2.45, 2.75) is 64.0 Å². The fraction of sp³-hybridized carbons (Fsp3) is 0.467. The van der Waals surface area contributed by atoms with Crippen LogP contribution in [0.1, 0.15) is 49.9 Å². The van der Waals surface area contributed by atoms with Gasteiger partial charge in [-0.25, -0.2) is 4.98 Å². The van der Waals surface area contributed by atoms with Gasteiger partial charge in [0.2, 0.25) is 5.91 Å². The molecule has 1 aliphatic heterocycles. The zero-order valence-corrected chi connectivity index (χ0v) is 21.9. The Morgan fingerprint density at radius 3 is 2.89 bits per heavy atom. The van der Waals surface area contributed by atoms with Crippen molar-refractivity contribution in [2.24, 2.45) is 0 Å². The van der Waals surface area contributed by atoms with Crippen LogP contribution in [-0.2, 0) is 28.9 Å². The van der Waals surface area contributed by atoms with E-state index in [2.05, 4.69) is 40.7 Å². The van der Waals surface area contributed by atoms with Crippen LogP contribution in [-0.4, -0.2) is 48.4 Å². The van der Waals surface area contributed by atoms with Crippen LogP contribution in [0.2, 0.25) is 0 Å². The highest BCUT2D eigenvalue weighted by atomic mass is 16.5. The van der Waals surface area contributed by atoms with E-state index in [0.29, 0.717) is 19.8 Å². The van der Waals surface area contributed by atoms with Crippen LogP contribution < -0.4 is 14.8 Å². The molecule has 198 valence electrons. The zero-order chi connectivity index (χ0) is 25.9. The van der Waals surface area contributed by atoms with E-state index in [1.54, 1.807) is 7.11 Å². The predicted octanol–water partition coefficient (Wildman–Crippen LogP) is 5.25. The third kappa shape index (κ3) is 7.35. The van der Waals surface area contributed by atoms with Gasteiger partial charge >= 0.3 is 0 Å². The number of benzene rings is 2. The zero-order valence-electron chi connectivity index (χ0n) is 21.9. The molecule has 2 heterocycles. The minimum absolute atomic E-state index is 0.0341. The Kier molecular flexibility index (Phi) is 10.0. The van der Waals surface area contributed by atoms with Crippen molar-refractivity contribution >= 4 is 16.9 Å². The largest absolute Gasteiger partial charge is 0.493 e. The van der Waals surface area contributed by atoms with Gasteiger partial charge in [-0.2, -0.15) is 0 Å². The van der Waals surface area contributed by atoms with Gasteiger partial charge in [0.05, 0.1) is 24.8 Å². The highest BCUT2D eigenvalue weighted by Gasteiger charge is 2.22. The lowest BCUT2D eigenvalue weighted by Gasteiger charge is -2.13. The number of nitrogens with zero attached hydrogens (tertiary/aromatic N) is 2. The summed E-state index contributed by atoms with van der Waals surface area (Å²) in [5, 5.41) is 3.01. The molecule has 0 bridgehead atoms. The molecule has 0 aliphatic carbocycles. The summed E-state index contributed by atoms with van der Waals surface area (Å²) in [5.74, 6) is 2.65. The number of aromatic nitrogens is 2. The van der Waals surface area contributed by atoms with Crippen molar-refractivity contribution < 1.29 is 19.0 Å². The first-order valence-corrected chi connectivity index (χ1v) is 13.4. The van der Waals surface area contributed by atoms with E-state index >= 15 is 0 Å². The standard InChI is InChI=1S/C30H39N3O4/c1-3-11-23-16-17-26(28(22-23)35-2)36-21-10-19-33-25-13-7-6-12-24(25)32-29(33)15-5-4-8-18-31-30(34)27-14-9-20-37-27/h3,6-7,12-13,16-17,22,27H,1,4-5,8-11,14-15,18-21H2,2H3,(H,31,34). The van der Waals surface area contributed by atoms with E-state index in [1.165, 1.54) is 0 Å². The molecular formula is C30H39N3O4. The SMILES string of the molecule is C=CCc1ccc(OCCCn2c(CCCCCNC(=O)C3CCCO3)nc3ccccc32)c(OC)c1. The van der Waals surface area contributed by atoms with Crippen LogP contribution >= 0.6 is 0 Å². The number of carbonyl (C=O) groups excluding carboxylic acids is 1. The van der Waals surface area contributed by atoms with Crippen molar-refractivity contribution in [3.8, 4) is 11.5 Å². The third-order valence-electron chi connectivity index (χ3n) is 6.72. The number of amides is 1. The number of methoxy groups -OCH3 is 1. The Morgan fingerprint density at radius 2 is 2.08 bits per heavy atom. The van der Waals surface area contributed by atoms with Gasteiger partial charge in [-0.15, -0.1) is 6.58 Å². The minimum atomic E-state index is -0.249. The van der Waals surface area contributed by atoms with Crippen LogP contribution in [0.5, 0.6) is 11.5 Å². The van der Waals surface area contributed by atoms with Gasteiger partial charge in [0.1, 0.15) is 11.9 Å². The molecule has 1 fully saturated rings. The number of para-hydroxylation sites is 2. The second-order valence-electron chi connectivity index (χ2n) is 9.45. The van der Waals surface area contributed by atoms with E-state index in [9.17, 15) is 4.79 Å². The fourth-order valence-corrected chi connectivity index (χ4v) is 4.79. The number of carbonyl (C=O) groups is 1. The first-order chi connectivity index (χ1) is 18.2. The Balaban J connectivity index is 1.26. The summed E-state index contributed by atoms with van der Waals surface area (Å²) in [7, 11) is 1.67. The molecule has 1 aliphatic rings. The molecule has 37 heavy (non-hydrogen) atoms. The molecule has 7 nitrogen and oxygen atoms in total. The number of unbranched alkanes of at least 4 members (excludes halogenated alkanes) is 2. The van der Waals surface area contributed by atoms with Crippen LogP contribution in [0, 0.1) is 0 Å². The van der Waals surface area contributed by atoms with Crippen LogP contribution in [0.3, 0.4) is 0 Å². The van der Waals surface area contributed by atoms with Crippen LogP contribution in [0.15, 0.2) is 55.1 Å². The first kappa shape index (κ1) is 26.7. The topological polar surface area (TPSA) is 74.6 Å². The molecule has 1 unspecified atom stereocenters. The smallest absolute Gasteiger partial charge is 0.249 e. The van der Waals surface area contributed by atoms with Crippen molar-refractivity contribution in [1.29, 1.82) is 0 Å². The summed E-state index contributed by atoms with van der Waals surface area (Å²) in [6, 6.07) is 14.3. The molecule has 3 aromatic rings. The second-order valence-corrected chi connectivity index (χ2v) is 9.45. The monoisotopic (exact) mass is 505 g/mol. The normalized spacial score (nSPS) is 15.1. The van der Waals surface area contributed by atoms with Crippen LogP contribution in [0.25, 0.3) is 11.0 Å². The minimum Gasteiger partial charge on any atom is -0.493 e. The Hall–Kier alpha value is -3.32. The van der Waals surface area contributed by atoms with E-state index in [-0.39, 0.29) is 12.0 Å². The first-order valence-electron chi connectivity index (χ1n) is 13.4. The van der Waals surface area contributed by atoms with Gasteiger partial charge in [0.15, 0.2) is 11.5 Å². The highest BCUT2D eigenvalue weighted by molar-refractivity contribution is 5.80. The summed E-state index contributed by atoms with van der Waals surface area (Å²) >= 11 is 0. The number of nitrogens with one attached hydrogen (secondary N) is 1. The van der Waals surface area contributed by atoms with Crippen LogP contribution in [0.4, 0.5) is 0 Å². The van der Waals surface area contributed by atoms with Crippen molar-refractivity contribution in [2.75, 3.05) is 26.9 Å². The predicted molar refractivity (Wildman–Crippen MR) is 146 cm³/mol. The van der Waals surface area contributed by atoms with Gasteiger partial charge in [-0.1, -0.05) is 30.7 Å². The van der Waals surface area contributed by atoms with Crippen molar-refractivity contribution in [3.05, 3.63) is 66.5 Å². The van der Waals surface area contributed by atoms with Crippen molar-refractivity contribution in [1.82, 2.24) is 14.9 Å². The number of rotatable bonds is 15. The van der Waals surface area contributed by atoms with E-state index in [4.69, 9.17) is 19.2 Å². The van der Waals surface area contributed by atoms with Gasteiger partial charge in [0.25, 0.3) is 0 Å². The molecule has 1 N–H and O–H groups in total. The van der Waals surface area contributed by atoms with Crippen molar-refractivity contribution in [3.63, 3.8) is 0 Å². The molecule has 1 atom stereocenters. The molecule has 0 saturated carbocycles. The Morgan fingerprint density at radius 1 is 1.19 bits per heavy atom. The molecule has 1 aromatic heterocycles. The molecule has 0 radical (unpaired) electrons. The van der Waals surface area contributed by atoms with Gasteiger partial charge < -0.3 is 24.1 Å². The highest BCUT2D eigenvalue weighted by Crippen LogP contribution is 2.28. The fourth-order valence-electron chi connectivity index (χ4n) is 4.79. The van der Waals surface area contributed by atoms with E-state index < -0.39 is 0 Å². The second kappa shape index (κ2) is 13.8. The molecule has 2 aromatic carbocycles. The van der Waals surface area contributed by atoms with E-state index in [1.807, 2.05) is 24.3 Å². The number of fused-ring (bicyclic) bond motifs is 1. The summed E-state index contributed by atoms with van der Waals surface area (Å²) in [6.07, 6.45) is 9.05. The Bertz CT molecular complexity index is 1170. The summed E-state index contributed by atoms with van der Waals surface area (Å²) in [6.45, 7) is 6.62. The van der Waals surface area contributed by atoms with Gasteiger partial charge in [0, 0.05) is 26.1 Å². The lowest BCUT2D eigenvalue weighted by molar-refractivity contribution is -0.130. The molecule has 1 amide bonds. The lowest BCUT2D eigenvalue weighted by Crippen LogP contribution is -2.34.